The number of carbonyl (C=O) groups excluding carboxylic acids is 2. The second-order valence-corrected chi connectivity index (χ2v) is 7.00. The van der Waals surface area contributed by atoms with Crippen LogP contribution < -0.4 is 10.6 Å². The molecule has 1 aromatic heterocycles. The molecule has 0 unspecified atom stereocenters. The number of amides is 3. The molecule has 8 nitrogen and oxygen atoms in total. The van der Waals surface area contributed by atoms with E-state index in [1.807, 2.05) is 0 Å². The number of hydrogen-bond acceptors (Lipinski definition) is 5. The Morgan fingerprint density at radius 3 is 2.55 bits per heavy atom. The number of furan rings is 1. The van der Waals surface area contributed by atoms with E-state index >= 15 is 0 Å². The van der Waals surface area contributed by atoms with Crippen LogP contribution in [0.3, 0.4) is 0 Å². The zero-order valence-corrected chi connectivity index (χ0v) is 16.9. The van der Waals surface area contributed by atoms with Crippen LogP contribution in [0.15, 0.2) is 41.0 Å². The van der Waals surface area contributed by atoms with Crippen LogP contribution in [-0.4, -0.2) is 68.2 Å². The zero-order valence-electron chi connectivity index (χ0n) is 16.9. The van der Waals surface area contributed by atoms with Gasteiger partial charge >= 0.3 is 12.2 Å². The predicted octanol–water partition coefficient (Wildman–Crippen LogP) is 3.35. The van der Waals surface area contributed by atoms with Gasteiger partial charge in [-0.15, -0.1) is 0 Å². The minimum Gasteiger partial charge on any atom is -0.459 e. The van der Waals surface area contributed by atoms with Gasteiger partial charge in [0.2, 0.25) is 0 Å². The molecule has 0 radical (unpaired) electrons. The molecule has 0 atom stereocenters. The summed E-state index contributed by atoms with van der Waals surface area (Å²) in [7, 11) is 1.51. The molecular formula is C20H23F3N4O4. The number of nitrogens with zero attached hydrogens (tertiary/aromatic N) is 2. The minimum atomic E-state index is -4.74. The molecule has 1 aliphatic rings. The first-order valence-corrected chi connectivity index (χ1v) is 9.62. The number of rotatable bonds is 6. The fourth-order valence-corrected chi connectivity index (χ4v) is 2.99. The number of halogens is 3. The molecule has 1 aliphatic heterocycles. The van der Waals surface area contributed by atoms with E-state index in [1.165, 1.54) is 36.4 Å². The van der Waals surface area contributed by atoms with E-state index in [0.717, 1.165) is 25.2 Å². The van der Waals surface area contributed by atoms with Crippen molar-refractivity contribution in [3.05, 3.63) is 47.9 Å². The van der Waals surface area contributed by atoms with Crippen LogP contribution in [0.1, 0.15) is 16.1 Å². The molecule has 31 heavy (non-hydrogen) atoms. The quantitative estimate of drug-likeness (QED) is 0.720. The highest BCUT2D eigenvalue weighted by Crippen LogP contribution is 2.36. The zero-order chi connectivity index (χ0) is 22.4. The lowest BCUT2D eigenvalue weighted by atomic mass is 10.1. The average molecular weight is 440 g/mol. The van der Waals surface area contributed by atoms with Gasteiger partial charge in [-0.05, 0) is 30.3 Å². The second kappa shape index (κ2) is 9.84. The van der Waals surface area contributed by atoms with Gasteiger partial charge in [0, 0.05) is 38.9 Å². The smallest absolute Gasteiger partial charge is 0.418 e. The van der Waals surface area contributed by atoms with E-state index in [0.29, 0.717) is 26.3 Å². The number of carbonyl (C=O) groups is 2. The summed E-state index contributed by atoms with van der Waals surface area (Å²) < 4.78 is 50.9. The number of morpholine rings is 1. The maximum atomic E-state index is 13.6. The van der Waals surface area contributed by atoms with Gasteiger partial charge < -0.3 is 24.7 Å². The monoisotopic (exact) mass is 440 g/mol. The number of likely N-dealkylation sites (N-methyl/N-ethyl adjacent to an activating group) is 1. The van der Waals surface area contributed by atoms with Gasteiger partial charge in [-0.2, -0.15) is 13.2 Å². The highest BCUT2D eigenvalue weighted by Gasteiger charge is 2.34. The predicted molar refractivity (Wildman–Crippen MR) is 107 cm³/mol. The summed E-state index contributed by atoms with van der Waals surface area (Å²) in [4.78, 5) is 27.9. The maximum Gasteiger partial charge on any atom is 0.418 e. The normalized spacial score (nSPS) is 14.8. The summed E-state index contributed by atoms with van der Waals surface area (Å²) >= 11 is 0. The van der Waals surface area contributed by atoms with Crippen LogP contribution in [-0.2, 0) is 10.9 Å². The lowest BCUT2D eigenvalue weighted by Gasteiger charge is -2.28. The largest absolute Gasteiger partial charge is 0.459 e. The van der Waals surface area contributed by atoms with Crippen molar-refractivity contribution < 1.29 is 31.9 Å². The molecule has 3 rings (SSSR count). The first-order chi connectivity index (χ1) is 14.7. The van der Waals surface area contributed by atoms with Crippen molar-refractivity contribution in [2.45, 2.75) is 6.18 Å². The Labute approximate surface area is 176 Å². The maximum absolute atomic E-state index is 13.6. The van der Waals surface area contributed by atoms with Crippen LogP contribution in [0.5, 0.6) is 0 Å². The SMILES string of the molecule is CN(CCN1CCOCC1)C(=O)Nc1ccc(NC(=O)c2ccco2)cc1C(F)(F)F. The lowest BCUT2D eigenvalue weighted by Crippen LogP contribution is -2.43. The molecule has 1 aromatic carbocycles. The number of hydrogen-bond donors (Lipinski definition) is 2. The third-order valence-electron chi connectivity index (χ3n) is 4.77. The van der Waals surface area contributed by atoms with Gasteiger partial charge in [-0.1, -0.05) is 0 Å². The van der Waals surface area contributed by atoms with Crippen LogP contribution in [0.4, 0.5) is 29.3 Å². The number of alkyl halides is 3. The molecule has 2 aromatic rings. The van der Waals surface area contributed by atoms with Crippen molar-refractivity contribution >= 4 is 23.3 Å². The number of urea groups is 1. The van der Waals surface area contributed by atoms with Crippen molar-refractivity contribution in [3.8, 4) is 0 Å². The lowest BCUT2D eigenvalue weighted by molar-refractivity contribution is -0.136. The van der Waals surface area contributed by atoms with Crippen molar-refractivity contribution in [1.82, 2.24) is 9.80 Å². The third kappa shape index (κ3) is 6.22. The molecular weight excluding hydrogens is 417 g/mol. The van der Waals surface area contributed by atoms with Crippen LogP contribution in [0.25, 0.3) is 0 Å². The molecule has 0 bridgehead atoms. The number of benzene rings is 1. The second-order valence-electron chi connectivity index (χ2n) is 7.00. The van der Waals surface area contributed by atoms with Gasteiger partial charge in [-0.3, -0.25) is 9.69 Å². The summed E-state index contributed by atoms with van der Waals surface area (Å²) in [6.45, 7) is 3.68. The highest BCUT2D eigenvalue weighted by atomic mass is 19.4. The standard InChI is InChI=1S/C20H23F3N4O4/c1-26(6-7-27-8-11-30-12-9-27)19(29)25-16-5-4-14(13-15(16)20(21,22)23)24-18(28)17-3-2-10-31-17/h2-5,10,13H,6-9,11-12H2,1H3,(H,24,28)(H,25,29). The molecule has 3 amide bonds. The first kappa shape index (κ1) is 22.6. The highest BCUT2D eigenvalue weighted by molar-refractivity contribution is 6.02. The van der Waals surface area contributed by atoms with E-state index < -0.39 is 29.4 Å². The number of nitrogens with one attached hydrogen (secondary N) is 2. The molecule has 1 saturated heterocycles. The van der Waals surface area contributed by atoms with Gasteiger partial charge in [0.05, 0.1) is 30.7 Å². The van der Waals surface area contributed by atoms with Gasteiger partial charge in [0.15, 0.2) is 5.76 Å². The van der Waals surface area contributed by atoms with E-state index in [4.69, 9.17) is 9.15 Å². The molecule has 168 valence electrons. The van der Waals surface area contributed by atoms with Gasteiger partial charge in [0.25, 0.3) is 5.91 Å². The summed E-state index contributed by atoms with van der Waals surface area (Å²) in [6, 6.07) is 5.37. The molecule has 2 N–H and O–H groups in total. The molecule has 1 fully saturated rings. The Hall–Kier alpha value is -3.05. The summed E-state index contributed by atoms with van der Waals surface area (Å²) in [5.41, 5.74) is -1.54. The molecule has 0 saturated carbocycles. The summed E-state index contributed by atoms with van der Waals surface area (Å²) in [6.07, 6.45) is -3.45. The first-order valence-electron chi connectivity index (χ1n) is 9.62. The number of anilines is 2. The van der Waals surface area contributed by atoms with E-state index in [1.54, 1.807) is 0 Å². The number of ether oxygens (including phenoxy) is 1. The van der Waals surface area contributed by atoms with Crippen LogP contribution in [0.2, 0.25) is 0 Å². The molecule has 11 heteroatoms. The van der Waals surface area contributed by atoms with Crippen molar-refractivity contribution in [3.63, 3.8) is 0 Å². The fraction of sp³-hybridized carbons (Fsp3) is 0.400. The van der Waals surface area contributed by atoms with E-state index in [2.05, 4.69) is 15.5 Å². The Kier molecular flexibility index (Phi) is 7.18. The molecule has 2 heterocycles. The Bertz CT molecular complexity index is 896. The summed E-state index contributed by atoms with van der Waals surface area (Å²) in [5, 5.41) is 4.65. The average Bonchev–Trinajstić information content (AvgIpc) is 3.28. The van der Waals surface area contributed by atoms with Crippen LogP contribution in [0, 0.1) is 0 Å². The Morgan fingerprint density at radius 1 is 1.16 bits per heavy atom. The van der Waals surface area contributed by atoms with Crippen LogP contribution >= 0.6 is 0 Å². The van der Waals surface area contributed by atoms with Crippen molar-refractivity contribution in [2.75, 3.05) is 57.1 Å². The van der Waals surface area contributed by atoms with E-state index in [-0.39, 0.29) is 11.4 Å². The molecule has 0 spiro atoms. The minimum absolute atomic E-state index is 0.0344. The van der Waals surface area contributed by atoms with E-state index in [9.17, 15) is 22.8 Å². The Balaban J connectivity index is 1.66. The van der Waals surface area contributed by atoms with Crippen molar-refractivity contribution in [1.29, 1.82) is 0 Å². The summed E-state index contributed by atoms with van der Waals surface area (Å²) in [5.74, 6) is -0.717. The molecule has 0 aliphatic carbocycles. The van der Waals surface area contributed by atoms with Gasteiger partial charge in [-0.25, -0.2) is 4.79 Å². The Morgan fingerprint density at radius 2 is 1.90 bits per heavy atom. The van der Waals surface area contributed by atoms with Gasteiger partial charge in [0.1, 0.15) is 0 Å². The topological polar surface area (TPSA) is 87.0 Å². The van der Waals surface area contributed by atoms with Crippen molar-refractivity contribution in [2.24, 2.45) is 0 Å². The third-order valence-corrected chi connectivity index (χ3v) is 4.77. The fourth-order valence-electron chi connectivity index (χ4n) is 2.99.